The van der Waals surface area contributed by atoms with Crippen LogP contribution in [0.3, 0.4) is 0 Å². The molecule has 0 radical (unpaired) electrons. The molecule has 0 aromatic heterocycles. The van der Waals surface area contributed by atoms with E-state index in [1.165, 1.54) is 48.0 Å². The van der Waals surface area contributed by atoms with Gasteiger partial charge in [-0.05, 0) is 56.9 Å². The summed E-state index contributed by atoms with van der Waals surface area (Å²) < 4.78 is 37.8. The number of nitrogens with zero attached hydrogens (tertiary/aromatic N) is 1. The van der Waals surface area contributed by atoms with E-state index in [0.29, 0.717) is 17.7 Å². The minimum Gasteiger partial charge on any atom is -0.444 e. The van der Waals surface area contributed by atoms with Crippen molar-refractivity contribution in [1.29, 1.82) is 0 Å². The molecular formula is C20H32N4O7S2. The Morgan fingerprint density at radius 2 is 1.79 bits per heavy atom. The predicted octanol–water partition coefficient (Wildman–Crippen LogP) is 1.40. The first-order valence-corrected chi connectivity index (χ1v) is 12.8. The van der Waals surface area contributed by atoms with Crippen LogP contribution in [0.15, 0.2) is 24.3 Å². The monoisotopic (exact) mass is 504 g/mol. The fraction of sp³-hybridized carbons (Fsp3) is 0.550. The van der Waals surface area contributed by atoms with Crippen LogP contribution in [-0.4, -0.2) is 72.5 Å². The summed E-state index contributed by atoms with van der Waals surface area (Å²) in [6.07, 6.45) is 1.51. The highest BCUT2D eigenvalue weighted by Gasteiger charge is 2.32. The van der Waals surface area contributed by atoms with Crippen LogP contribution in [-0.2, 0) is 31.1 Å². The lowest BCUT2D eigenvalue weighted by Crippen LogP contribution is -2.54. The van der Waals surface area contributed by atoms with Crippen LogP contribution in [0.2, 0.25) is 0 Å². The zero-order valence-corrected chi connectivity index (χ0v) is 21.0. The highest BCUT2D eigenvalue weighted by Crippen LogP contribution is 2.16. The number of thioether (sulfide) groups is 1. The molecule has 0 saturated carbocycles. The lowest BCUT2D eigenvalue weighted by molar-refractivity contribution is -0.139. The largest absolute Gasteiger partial charge is 0.444 e. The summed E-state index contributed by atoms with van der Waals surface area (Å²) in [5.41, 5.74) is 5.53. The van der Waals surface area contributed by atoms with Gasteiger partial charge in [-0.15, -0.1) is 0 Å². The lowest BCUT2D eigenvalue weighted by Gasteiger charge is -2.30. The maximum Gasteiger partial charge on any atom is 0.408 e. The third-order valence-corrected chi connectivity index (χ3v) is 5.51. The fourth-order valence-corrected chi connectivity index (χ4v) is 3.76. The molecule has 0 saturated heterocycles. The number of nitrogens with two attached hydrogens (primary N) is 1. The van der Waals surface area contributed by atoms with Crippen LogP contribution in [0.5, 0.6) is 0 Å². The molecule has 1 aromatic rings. The standard InChI is InChI=1S/C20H32N4O7S2/c1-20(2,3)31-19(27)22-15(10-11-32-5)18(26)24(4)16(17(21)25)12-13-6-8-14(9-7-13)23-33(28,29)30/h6-9,15-16,23H,10-12H2,1-5H3,(H2,21,25)(H,22,27)(H,28,29,30)/t15-,16-/m0/s1. The summed E-state index contributed by atoms with van der Waals surface area (Å²) in [7, 11) is -2.99. The smallest absolute Gasteiger partial charge is 0.408 e. The number of alkyl carbamates (subject to hydrolysis) is 1. The molecule has 0 unspecified atom stereocenters. The maximum atomic E-state index is 13.1. The van der Waals surface area contributed by atoms with Gasteiger partial charge in [0.15, 0.2) is 0 Å². The van der Waals surface area contributed by atoms with Gasteiger partial charge in [-0.3, -0.25) is 18.9 Å². The van der Waals surface area contributed by atoms with Crippen LogP contribution in [0.25, 0.3) is 0 Å². The van der Waals surface area contributed by atoms with Gasteiger partial charge in [0, 0.05) is 13.5 Å². The third-order valence-electron chi connectivity index (χ3n) is 4.37. The van der Waals surface area contributed by atoms with Gasteiger partial charge < -0.3 is 20.7 Å². The molecule has 0 heterocycles. The zero-order valence-electron chi connectivity index (χ0n) is 19.3. The number of primary amides is 1. The Morgan fingerprint density at radius 1 is 1.21 bits per heavy atom. The topological polar surface area (TPSA) is 168 Å². The van der Waals surface area contributed by atoms with Gasteiger partial charge in [0.2, 0.25) is 11.8 Å². The number of nitrogens with one attached hydrogen (secondary N) is 2. The Labute approximate surface area is 198 Å². The third kappa shape index (κ3) is 10.8. The lowest BCUT2D eigenvalue weighted by atomic mass is 10.0. The highest BCUT2D eigenvalue weighted by atomic mass is 32.2. The van der Waals surface area contributed by atoms with Crippen molar-refractivity contribution >= 4 is 45.7 Å². The molecule has 2 atom stereocenters. The van der Waals surface area contributed by atoms with Gasteiger partial charge >= 0.3 is 16.4 Å². The summed E-state index contributed by atoms with van der Waals surface area (Å²) in [4.78, 5) is 38.7. The van der Waals surface area contributed by atoms with Crippen molar-refractivity contribution in [3.8, 4) is 0 Å². The van der Waals surface area contributed by atoms with E-state index in [1.54, 1.807) is 20.8 Å². The van der Waals surface area contributed by atoms with E-state index in [0.717, 1.165) is 0 Å². The van der Waals surface area contributed by atoms with E-state index >= 15 is 0 Å². The molecule has 0 aliphatic carbocycles. The van der Waals surface area contributed by atoms with E-state index in [-0.39, 0.29) is 12.1 Å². The van der Waals surface area contributed by atoms with Gasteiger partial charge in [0.1, 0.15) is 17.7 Å². The number of hydrogen-bond donors (Lipinski definition) is 4. The van der Waals surface area contributed by atoms with E-state index < -0.39 is 45.9 Å². The zero-order chi connectivity index (χ0) is 25.4. The Hall–Kier alpha value is -2.51. The predicted molar refractivity (Wildman–Crippen MR) is 127 cm³/mol. The van der Waals surface area contributed by atoms with Gasteiger partial charge in [0.25, 0.3) is 0 Å². The van der Waals surface area contributed by atoms with E-state index in [1.807, 2.05) is 11.0 Å². The molecule has 1 rings (SSSR count). The molecule has 1 aromatic carbocycles. The van der Waals surface area contributed by atoms with Crippen molar-refractivity contribution in [3.05, 3.63) is 29.8 Å². The van der Waals surface area contributed by atoms with Crippen molar-refractivity contribution in [1.82, 2.24) is 10.2 Å². The summed E-state index contributed by atoms with van der Waals surface area (Å²) in [5.74, 6) is -0.654. The number of anilines is 1. The number of rotatable bonds is 11. The number of hydrogen-bond acceptors (Lipinski definition) is 7. The molecule has 0 fully saturated rings. The molecule has 0 aliphatic rings. The minimum atomic E-state index is -4.41. The first-order valence-electron chi connectivity index (χ1n) is 10.0. The number of carbonyl (C=O) groups is 3. The molecule has 0 bridgehead atoms. The highest BCUT2D eigenvalue weighted by molar-refractivity contribution is 7.98. The number of carbonyl (C=O) groups excluding carboxylic acids is 3. The molecule has 186 valence electrons. The van der Waals surface area contributed by atoms with Crippen LogP contribution in [0.4, 0.5) is 10.5 Å². The molecule has 13 heteroatoms. The van der Waals surface area contributed by atoms with Crippen molar-refractivity contribution < 1.29 is 32.1 Å². The van der Waals surface area contributed by atoms with Gasteiger partial charge in [0.05, 0.1) is 5.69 Å². The molecule has 11 nitrogen and oxygen atoms in total. The second-order valence-electron chi connectivity index (χ2n) is 8.33. The number of likely N-dealkylation sites (N-methyl/N-ethyl adjacent to an activating group) is 1. The van der Waals surface area contributed by atoms with Crippen LogP contribution in [0.1, 0.15) is 32.8 Å². The number of benzene rings is 1. The van der Waals surface area contributed by atoms with Crippen molar-refractivity contribution in [3.63, 3.8) is 0 Å². The Balaban J connectivity index is 2.99. The normalized spacial score (nSPS) is 13.5. The average Bonchev–Trinajstić information content (AvgIpc) is 2.66. The molecule has 3 amide bonds. The molecule has 0 aliphatic heterocycles. The van der Waals surface area contributed by atoms with Crippen molar-refractivity contribution in [2.45, 2.75) is 51.3 Å². The van der Waals surface area contributed by atoms with Gasteiger partial charge in [-0.25, -0.2) is 4.79 Å². The summed E-state index contributed by atoms with van der Waals surface area (Å²) in [6.45, 7) is 5.12. The van der Waals surface area contributed by atoms with Gasteiger partial charge in [-0.1, -0.05) is 12.1 Å². The summed E-state index contributed by atoms with van der Waals surface area (Å²) >= 11 is 1.50. The first-order chi connectivity index (χ1) is 15.1. The average molecular weight is 505 g/mol. The fourth-order valence-electron chi connectivity index (χ4n) is 2.85. The number of amides is 3. The second-order valence-corrected chi connectivity index (χ2v) is 10.5. The van der Waals surface area contributed by atoms with Crippen LogP contribution in [0, 0.1) is 0 Å². The molecule has 5 N–H and O–H groups in total. The van der Waals surface area contributed by atoms with Gasteiger partial charge in [-0.2, -0.15) is 20.2 Å². The quantitative estimate of drug-likeness (QED) is 0.328. The summed E-state index contributed by atoms with van der Waals surface area (Å²) in [6, 6.07) is 3.93. The number of ether oxygens (including phenoxy) is 1. The Kier molecular flexibility index (Phi) is 10.5. The van der Waals surface area contributed by atoms with E-state index in [9.17, 15) is 22.8 Å². The van der Waals surface area contributed by atoms with Crippen molar-refractivity contribution in [2.75, 3.05) is 23.8 Å². The second kappa shape index (κ2) is 12.1. The van der Waals surface area contributed by atoms with E-state index in [4.69, 9.17) is 15.0 Å². The van der Waals surface area contributed by atoms with Crippen LogP contribution >= 0.6 is 11.8 Å². The Bertz CT molecular complexity index is 931. The molecule has 0 spiro atoms. The van der Waals surface area contributed by atoms with Crippen molar-refractivity contribution in [2.24, 2.45) is 5.73 Å². The van der Waals surface area contributed by atoms with E-state index in [2.05, 4.69) is 5.32 Å². The summed E-state index contributed by atoms with van der Waals surface area (Å²) in [5, 5.41) is 2.57. The maximum absolute atomic E-state index is 13.1. The SMILES string of the molecule is CSCC[C@H](NC(=O)OC(C)(C)C)C(=O)N(C)[C@@H](Cc1ccc(NS(=O)(=O)O)cc1)C(N)=O. The first kappa shape index (κ1) is 28.5. The molecule has 33 heavy (non-hydrogen) atoms. The Morgan fingerprint density at radius 3 is 2.24 bits per heavy atom. The molecular weight excluding hydrogens is 472 g/mol. The van der Waals surface area contributed by atoms with Crippen LogP contribution < -0.4 is 15.8 Å². The minimum absolute atomic E-state index is 0.0609.